The molecule has 5 atom stereocenters. The number of aryl methyl sites for hydroxylation is 1. The molecule has 0 radical (unpaired) electrons. The number of nitrogens with one attached hydrogen (secondary N) is 3. The van der Waals surface area contributed by atoms with Gasteiger partial charge in [-0.2, -0.15) is 0 Å². The van der Waals surface area contributed by atoms with Crippen LogP contribution in [-0.2, 0) is 6.42 Å². The highest BCUT2D eigenvalue weighted by molar-refractivity contribution is 8.03. The van der Waals surface area contributed by atoms with Gasteiger partial charge in [-0.25, -0.2) is 0 Å². The summed E-state index contributed by atoms with van der Waals surface area (Å²) in [7, 11) is 0. The van der Waals surface area contributed by atoms with Crippen LogP contribution in [0, 0.1) is 5.92 Å². The first-order valence-electron chi connectivity index (χ1n) is 22.6. The number of benzene rings is 5. The van der Waals surface area contributed by atoms with Gasteiger partial charge >= 0.3 is 0 Å². The van der Waals surface area contributed by atoms with Crippen molar-refractivity contribution in [1.82, 2.24) is 16.0 Å². The van der Waals surface area contributed by atoms with E-state index in [0.717, 1.165) is 51.4 Å². The van der Waals surface area contributed by atoms with Crippen molar-refractivity contribution in [2.24, 2.45) is 5.92 Å². The number of fused-ring (bicyclic) bond motifs is 9. The van der Waals surface area contributed by atoms with Crippen LogP contribution < -0.4 is 16.0 Å². The first-order chi connectivity index (χ1) is 30.2. The third-order valence-electron chi connectivity index (χ3n) is 14.1. The van der Waals surface area contributed by atoms with Crippen molar-refractivity contribution >= 4 is 50.5 Å². The summed E-state index contributed by atoms with van der Waals surface area (Å²) in [6.45, 7) is 0. The normalized spacial score (nSPS) is 25.5. The molecule has 5 aliphatic carbocycles. The maximum Gasteiger partial charge on any atom is 0.0862 e. The molecule has 0 amide bonds. The third kappa shape index (κ3) is 6.72. The van der Waals surface area contributed by atoms with Crippen molar-refractivity contribution in [3.8, 4) is 0 Å². The van der Waals surface area contributed by atoms with Crippen LogP contribution in [0.3, 0.4) is 0 Å². The summed E-state index contributed by atoms with van der Waals surface area (Å²) in [5.74, 6) is 0.657. The van der Waals surface area contributed by atoms with Gasteiger partial charge in [0.05, 0.1) is 18.5 Å². The molecule has 300 valence electrons. The van der Waals surface area contributed by atoms with E-state index in [2.05, 4.69) is 180 Å². The Labute approximate surface area is 364 Å². The molecule has 7 aliphatic rings. The van der Waals surface area contributed by atoms with E-state index in [-0.39, 0.29) is 18.5 Å². The molecule has 61 heavy (non-hydrogen) atoms. The molecule has 0 bridgehead atoms. The van der Waals surface area contributed by atoms with Crippen LogP contribution in [-0.4, -0.2) is 12.3 Å². The quantitative estimate of drug-likeness (QED) is 0.149. The summed E-state index contributed by atoms with van der Waals surface area (Å²) in [4.78, 5) is 2.95. The lowest BCUT2D eigenvalue weighted by Gasteiger charge is -2.43. The van der Waals surface area contributed by atoms with Crippen LogP contribution in [0.25, 0.3) is 38.8 Å². The summed E-state index contributed by atoms with van der Waals surface area (Å²) < 4.78 is 0. The maximum absolute atomic E-state index is 4.16. The monoisotopic (exact) mass is 809 g/mol. The van der Waals surface area contributed by atoms with Crippen LogP contribution in [0.4, 0.5) is 0 Å². The Morgan fingerprint density at radius 2 is 1.49 bits per heavy atom. The highest BCUT2D eigenvalue weighted by atomic mass is 32.2. The van der Waals surface area contributed by atoms with Gasteiger partial charge in [-0.1, -0.05) is 151 Å². The molecule has 5 unspecified atom stereocenters. The van der Waals surface area contributed by atoms with E-state index >= 15 is 0 Å². The minimum Gasteiger partial charge on any atom is -0.282 e. The van der Waals surface area contributed by atoms with E-state index < -0.39 is 0 Å². The zero-order valence-corrected chi connectivity index (χ0v) is 35.4. The van der Waals surface area contributed by atoms with Gasteiger partial charge in [-0.05, 0) is 158 Å². The summed E-state index contributed by atoms with van der Waals surface area (Å²) in [6, 6.07) is 34.3. The van der Waals surface area contributed by atoms with E-state index in [4.69, 9.17) is 0 Å². The van der Waals surface area contributed by atoms with E-state index in [1.807, 2.05) is 11.8 Å². The SMILES string of the molecule is C1=CCCC(C2=C3Sc4ccccc4C3CC(c3cc(C4NC(C5=CCCC=C5)NC(C5C=CC(c6ccccc6)=CC5)N4)cc4c3c3c(c5ccccc54)CCC=C3)=C2)=C1. The van der Waals surface area contributed by atoms with E-state index in [9.17, 15) is 0 Å². The molecule has 5 aromatic carbocycles. The lowest BCUT2D eigenvalue weighted by molar-refractivity contribution is 0.188. The van der Waals surface area contributed by atoms with Gasteiger partial charge in [0, 0.05) is 21.6 Å². The molecule has 3 nitrogen and oxygen atoms in total. The van der Waals surface area contributed by atoms with Gasteiger partial charge in [0.2, 0.25) is 0 Å². The topological polar surface area (TPSA) is 36.1 Å². The molecule has 12 rings (SSSR count). The Kier molecular flexibility index (Phi) is 9.63. The van der Waals surface area contributed by atoms with Crippen molar-refractivity contribution in [2.45, 2.75) is 80.7 Å². The predicted octanol–water partition coefficient (Wildman–Crippen LogP) is 13.5. The van der Waals surface area contributed by atoms with Gasteiger partial charge in [-0.15, -0.1) is 0 Å². The average Bonchev–Trinajstić information content (AvgIpc) is 3.73. The van der Waals surface area contributed by atoms with E-state index in [1.54, 1.807) is 0 Å². The Morgan fingerprint density at radius 3 is 2.34 bits per heavy atom. The van der Waals surface area contributed by atoms with Crippen molar-refractivity contribution in [3.63, 3.8) is 0 Å². The summed E-state index contributed by atoms with van der Waals surface area (Å²) in [5, 5.41) is 17.8. The third-order valence-corrected chi connectivity index (χ3v) is 15.4. The summed E-state index contributed by atoms with van der Waals surface area (Å²) in [6.07, 6.45) is 37.2. The van der Waals surface area contributed by atoms with Gasteiger partial charge in [0.15, 0.2) is 0 Å². The average molecular weight is 810 g/mol. The Morgan fingerprint density at radius 1 is 0.656 bits per heavy atom. The van der Waals surface area contributed by atoms with Crippen LogP contribution in [0.5, 0.6) is 0 Å². The Hall–Kier alpha value is -5.49. The molecule has 1 saturated heterocycles. The van der Waals surface area contributed by atoms with Crippen molar-refractivity contribution in [3.05, 3.63) is 213 Å². The number of allylic oxidation sites excluding steroid dienone is 14. The lowest BCUT2D eigenvalue weighted by Crippen LogP contribution is -2.65. The number of hydrogen-bond donors (Lipinski definition) is 3. The lowest BCUT2D eigenvalue weighted by atomic mass is 9.77. The first-order valence-corrected chi connectivity index (χ1v) is 23.4. The summed E-state index contributed by atoms with van der Waals surface area (Å²) >= 11 is 2.01. The molecule has 0 saturated carbocycles. The number of hydrogen-bond acceptors (Lipinski definition) is 4. The molecule has 0 spiro atoms. The predicted molar refractivity (Wildman–Crippen MR) is 258 cm³/mol. The summed E-state index contributed by atoms with van der Waals surface area (Å²) in [5.41, 5.74) is 15.4. The molecule has 5 aromatic rings. The zero-order valence-electron chi connectivity index (χ0n) is 34.5. The number of thioether (sulfide) groups is 1. The second-order valence-electron chi connectivity index (χ2n) is 17.7. The highest BCUT2D eigenvalue weighted by Gasteiger charge is 2.37. The molecular weight excluding hydrogens is 759 g/mol. The molecule has 3 N–H and O–H groups in total. The van der Waals surface area contributed by atoms with Gasteiger partial charge in [0.25, 0.3) is 0 Å². The van der Waals surface area contributed by atoms with Crippen molar-refractivity contribution < 1.29 is 0 Å². The van der Waals surface area contributed by atoms with Crippen LogP contribution >= 0.6 is 11.8 Å². The fraction of sp³-hybridized carbons (Fsp3) is 0.228. The van der Waals surface area contributed by atoms with Gasteiger partial charge in [0.1, 0.15) is 0 Å². The largest absolute Gasteiger partial charge is 0.282 e. The van der Waals surface area contributed by atoms with Crippen LogP contribution in [0.15, 0.2) is 184 Å². The first kappa shape index (κ1) is 37.3. The fourth-order valence-corrected chi connectivity index (χ4v) is 12.4. The van der Waals surface area contributed by atoms with E-state index in [0.29, 0.717) is 11.8 Å². The van der Waals surface area contributed by atoms with Crippen LogP contribution in [0.1, 0.15) is 90.4 Å². The number of rotatable bonds is 6. The van der Waals surface area contributed by atoms with E-state index in [1.165, 1.54) is 92.6 Å². The standard InChI is InChI=1S/C57H51N3S/c1-4-16-36(17-5-1)37-28-30-40(31-29-37)56-58-55(39-20-8-3-9-21-39)59-57(60-56)42-34-48(53-47-26-13-12-23-44(47)43-22-10-11-24-45(43)50(53)35-42)41-32-49(38-18-6-2-7-19-38)54-51(33-41)46-25-14-15-27-52(46)61-54/h1-2,4-6,8,10-11,13-18,20-22,24-30,32,34-35,40,51,55-60H,3,7,9,12,19,23,31,33H2. The molecular formula is C57H51N3S. The molecule has 0 aromatic heterocycles. The minimum absolute atomic E-state index is 0.0207. The molecule has 4 heteroatoms. The van der Waals surface area contributed by atoms with Gasteiger partial charge in [-0.3, -0.25) is 16.0 Å². The molecule has 1 fully saturated rings. The zero-order chi connectivity index (χ0) is 40.3. The second kappa shape index (κ2) is 15.8. The fourth-order valence-electron chi connectivity index (χ4n) is 11.1. The van der Waals surface area contributed by atoms with Crippen LogP contribution in [0.2, 0.25) is 0 Å². The Bertz CT molecular complexity index is 2900. The van der Waals surface area contributed by atoms with Gasteiger partial charge < -0.3 is 0 Å². The molecule has 2 aliphatic heterocycles. The molecule has 2 heterocycles. The minimum atomic E-state index is -0.0717. The maximum atomic E-state index is 4.16. The van der Waals surface area contributed by atoms with Crippen molar-refractivity contribution in [1.29, 1.82) is 0 Å². The highest BCUT2D eigenvalue weighted by Crippen LogP contribution is 2.58. The van der Waals surface area contributed by atoms with Crippen molar-refractivity contribution in [2.75, 3.05) is 0 Å². The second-order valence-corrected chi connectivity index (χ2v) is 18.8. The Balaban J connectivity index is 1.03. The smallest absolute Gasteiger partial charge is 0.0862 e.